The van der Waals surface area contributed by atoms with Crippen molar-refractivity contribution in [1.82, 2.24) is 31.5 Å². The molecule has 5 aliphatic rings. The van der Waals surface area contributed by atoms with Gasteiger partial charge >= 0.3 is 0 Å². The number of carbonyl (C=O) groups is 5. The van der Waals surface area contributed by atoms with E-state index < -0.39 is 221 Å². The molecule has 5 aliphatic heterocycles. The van der Waals surface area contributed by atoms with E-state index in [4.69, 9.17) is 50.4 Å². The van der Waals surface area contributed by atoms with Gasteiger partial charge in [-0.05, 0) is 46.5 Å². The van der Waals surface area contributed by atoms with Gasteiger partial charge in [-0.1, -0.05) is 91.9 Å². The summed E-state index contributed by atoms with van der Waals surface area (Å²) < 4.78 is 41.1. The molecule has 4 aromatic rings. The van der Waals surface area contributed by atoms with Crippen molar-refractivity contribution >= 4 is 41.8 Å². The van der Waals surface area contributed by atoms with Crippen LogP contribution in [0.5, 0.6) is 11.5 Å². The van der Waals surface area contributed by atoms with E-state index in [1.807, 2.05) is 30.3 Å². The SMILES string of the molecule is CC(c1ccccc1)[C@H](N)C(=O)N[C@@H](Cc1ccc(OC2OC(CO)C(OC3OC(CO)C(O)C(OCc4ccc(OCc5ccccc5)cc4)C3O)C(O)C2O)cc1)C(=O)N[C@H](C(=O)N[C@H](C(=O)N[C@H](C=O)CO)C(O)C1CN=C(N)N1C1OC(CO)C(O)C(O)C1O)C(O)C1CN=C(N)N1. The standard InChI is InChI=1S/C66H89N11O25/c1-30(34-10-6-3-7-11-34)44(67)59(93)73-38(58(92)75-45(47(83)39-21-70-65(68)74-39)61(95)76-46(60(94)72-35(23-78)24-79)48(84)40-22-71-66(69)77(40)62-53(89)51(87)49(85)41(25-80)99-62)20-31-12-18-37(19-13-31)98-63-54(90)52(88)56(43(27-82)101-63)102-64-55(91)57(50(86)42(26-81)100-64)97-29-33-14-16-36(17-15-33)96-28-32-8-4-2-5-9-32/h2-19,23,30,35,38-57,62-64,79-91H,20-22,24-29,67H2,1H3,(H2,69,71)(H,72,94)(H,73,93)(H,75,92)(H,76,95)(H3,68,70,74)/t30?,35-,38+,39?,40?,41?,42?,43?,44+,45+,46+,47?,48?,49?,50?,51?,52?,53?,54?,55?,56?,57?,62?,63?,64?/m1/s1. The van der Waals surface area contributed by atoms with E-state index in [2.05, 4.69) is 36.6 Å². The van der Waals surface area contributed by atoms with Gasteiger partial charge in [0.15, 0.2) is 24.4 Å². The summed E-state index contributed by atoms with van der Waals surface area (Å²) in [5.74, 6) is -5.61. The van der Waals surface area contributed by atoms with Gasteiger partial charge in [0, 0.05) is 12.3 Å². The summed E-state index contributed by atoms with van der Waals surface area (Å²) in [6.45, 7) is -2.45. The summed E-state index contributed by atoms with van der Waals surface area (Å²) >= 11 is 0. The minimum atomic E-state index is -2.26. The van der Waals surface area contributed by atoms with Crippen molar-refractivity contribution < 1.29 is 124 Å². The molecule has 102 heavy (non-hydrogen) atoms. The second-order valence-electron chi connectivity index (χ2n) is 25.2. The second kappa shape index (κ2) is 35.8. The Morgan fingerprint density at radius 3 is 1.82 bits per heavy atom. The Bertz CT molecular complexity index is 3450. The molecule has 0 bridgehead atoms. The number of nitrogens with zero attached hydrogens (tertiary/aromatic N) is 3. The third kappa shape index (κ3) is 18.6. The summed E-state index contributed by atoms with van der Waals surface area (Å²) in [4.78, 5) is 79.4. The van der Waals surface area contributed by atoms with Crippen LogP contribution >= 0.6 is 0 Å². The maximum Gasteiger partial charge on any atom is 0.246 e. The number of hydrogen-bond donors (Lipinski definition) is 21. The molecule has 36 nitrogen and oxygen atoms in total. The quantitative estimate of drug-likeness (QED) is 0.0202. The van der Waals surface area contributed by atoms with E-state index in [-0.39, 0.29) is 36.7 Å². The Morgan fingerprint density at radius 1 is 0.608 bits per heavy atom. The fraction of sp³-hybridized carbons (Fsp3) is 0.530. The summed E-state index contributed by atoms with van der Waals surface area (Å²) in [5, 5.41) is 155. The van der Waals surface area contributed by atoms with Crippen LogP contribution in [0.3, 0.4) is 0 Å². The molecule has 0 spiro atoms. The number of ether oxygens (including phenoxy) is 7. The fourth-order valence-corrected chi connectivity index (χ4v) is 12.3. The van der Waals surface area contributed by atoms with Gasteiger partial charge in [0.25, 0.3) is 0 Å². The van der Waals surface area contributed by atoms with E-state index in [0.29, 0.717) is 23.5 Å². The first kappa shape index (κ1) is 78.0. The molecule has 3 saturated heterocycles. The molecule has 4 amide bonds. The van der Waals surface area contributed by atoms with Crippen molar-refractivity contribution in [2.24, 2.45) is 27.2 Å². The lowest BCUT2D eigenvalue weighted by Crippen LogP contribution is -2.70. The van der Waals surface area contributed by atoms with Gasteiger partial charge in [-0.2, -0.15) is 0 Å². The molecule has 36 heteroatoms. The lowest BCUT2D eigenvalue weighted by molar-refractivity contribution is -0.355. The third-order valence-electron chi connectivity index (χ3n) is 18.3. The van der Waals surface area contributed by atoms with Crippen LogP contribution in [0.4, 0.5) is 0 Å². The molecule has 25 atom stereocenters. The lowest BCUT2D eigenvalue weighted by atomic mass is 9.93. The number of nitrogens with two attached hydrogens (primary N) is 3. The molecule has 3 fully saturated rings. The summed E-state index contributed by atoms with van der Waals surface area (Å²) in [6.07, 6.45) is -30.3. The zero-order chi connectivity index (χ0) is 73.6. The Balaban J connectivity index is 0.911. The molecular weight excluding hydrogens is 1350 g/mol. The van der Waals surface area contributed by atoms with Crippen molar-refractivity contribution in [2.75, 3.05) is 39.5 Å². The first-order valence-corrected chi connectivity index (χ1v) is 32.8. The van der Waals surface area contributed by atoms with E-state index >= 15 is 4.79 Å². The first-order valence-electron chi connectivity index (χ1n) is 32.8. The fourth-order valence-electron chi connectivity index (χ4n) is 12.3. The van der Waals surface area contributed by atoms with Crippen LogP contribution < -0.4 is 53.3 Å². The number of aldehydes is 1. The molecule has 0 saturated carbocycles. The number of nitrogens with one attached hydrogen (secondary N) is 5. The van der Waals surface area contributed by atoms with Crippen molar-refractivity contribution in [2.45, 2.75) is 179 Å². The van der Waals surface area contributed by atoms with Crippen LogP contribution in [0.25, 0.3) is 0 Å². The lowest BCUT2D eigenvalue weighted by Gasteiger charge is -2.46. The van der Waals surface area contributed by atoms with Gasteiger partial charge in [0.05, 0.1) is 64.2 Å². The van der Waals surface area contributed by atoms with Gasteiger partial charge in [-0.3, -0.25) is 29.2 Å². The zero-order valence-electron chi connectivity index (χ0n) is 55.1. The minimum Gasteiger partial charge on any atom is -0.489 e. The monoisotopic (exact) mass is 1440 g/mol. The number of carbonyl (C=O) groups excluding carboxylic acids is 5. The van der Waals surface area contributed by atoms with E-state index in [9.17, 15) is 85.6 Å². The molecule has 0 aliphatic carbocycles. The predicted octanol–water partition coefficient (Wildman–Crippen LogP) is -8.90. The van der Waals surface area contributed by atoms with Crippen LogP contribution in [0.15, 0.2) is 119 Å². The maximum atomic E-state index is 15.0. The topological polar surface area (TPSA) is 579 Å². The largest absolute Gasteiger partial charge is 0.489 e. The maximum absolute atomic E-state index is 15.0. The molecule has 24 N–H and O–H groups in total. The normalized spacial score (nSPS) is 30.3. The van der Waals surface area contributed by atoms with Crippen molar-refractivity contribution in [3.05, 3.63) is 131 Å². The van der Waals surface area contributed by atoms with Gasteiger partial charge in [-0.15, -0.1) is 0 Å². The average Bonchev–Trinajstić information content (AvgIpc) is 1.44. The highest BCUT2D eigenvalue weighted by Gasteiger charge is 2.54. The van der Waals surface area contributed by atoms with E-state index in [1.165, 1.54) is 24.3 Å². The average molecular weight is 1440 g/mol. The number of aliphatic hydroxyl groups excluding tert-OH is 13. The van der Waals surface area contributed by atoms with Gasteiger partial charge in [0.2, 0.25) is 29.9 Å². The smallest absolute Gasteiger partial charge is 0.246 e. The number of aliphatic hydroxyl groups is 13. The minimum absolute atomic E-state index is 0.0391. The van der Waals surface area contributed by atoms with Crippen LogP contribution in [0.2, 0.25) is 0 Å². The molecule has 0 aromatic heterocycles. The second-order valence-corrected chi connectivity index (χ2v) is 25.2. The van der Waals surface area contributed by atoms with Crippen LogP contribution in [0, 0.1) is 0 Å². The van der Waals surface area contributed by atoms with E-state index in [0.717, 1.165) is 10.5 Å². The molecule has 5 heterocycles. The first-order chi connectivity index (χ1) is 48.9. The Kier molecular flexibility index (Phi) is 27.4. The Hall–Kier alpha value is -8.19. The molecule has 20 unspecified atom stereocenters. The molecule has 0 radical (unpaired) electrons. The van der Waals surface area contributed by atoms with Crippen molar-refractivity contribution in [3.63, 3.8) is 0 Å². The van der Waals surface area contributed by atoms with Crippen molar-refractivity contribution in [3.8, 4) is 11.5 Å². The van der Waals surface area contributed by atoms with Crippen LogP contribution in [-0.4, -0.2) is 299 Å². The molecular formula is C66H89N11O25. The van der Waals surface area contributed by atoms with Crippen LogP contribution in [-0.2, 0) is 67.3 Å². The number of aliphatic imine (C=N–C) groups is 2. The number of benzene rings is 4. The summed E-state index contributed by atoms with van der Waals surface area (Å²) in [6, 6.07) is 18.6. The highest BCUT2D eigenvalue weighted by molar-refractivity contribution is 5.96. The zero-order valence-corrected chi connectivity index (χ0v) is 55.1. The summed E-state index contributed by atoms with van der Waals surface area (Å²) in [5.41, 5.74) is 21.1. The third-order valence-corrected chi connectivity index (χ3v) is 18.3. The Labute approximate surface area is 583 Å². The number of guanidine groups is 2. The predicted molar refractivity (Wildman–Crippen MR) is 352 cm³/mol. The molecule has 4 aromatic carbocycles. The highest BCUT2D eigenvalue weighted by atomic mass is 16.7. The van der Waals surface area contributed by atoms with Gasteiger partial charge in [-0.25, -0.2) is 0 Å². The van der Waals surface area contributed by atoms with Crippen molar-refractivity contribution in [1.29, 1.82) is 0 Å². The molecule has 9 rings (SSSR count). The van der Waals surface area contributed by atoms with E-state index in [1.54, 1.807) is 61.5 Å². The highest BCUT2D eigenvalue weighted by Crippen LogP contribution is 2.34. The number of hydrogen-bond acceptors (Lipinski definition) is 32. The number of rotatable bonds is 32. The Morgan fingerprint density at radius 2 is 1.20 bits per heavy atom. The summed E-state index contributed by atoms with van der Waals surface area (Å²) in [7, 11) is 0. The number of amides is 4. The van der Waals surface area contributed by atoms with Gasteiger partial charge in [0.1, 0.15) is 134 Å². The molecule has 558 valence electrons. The van der Waals surface area contributed by atoms with Crippen LogP contribution in [0.1, 0.15) is 35.1 Å². The van der Waals surface area contributed by atoms with Gasteiger partial charge < -0.3 is 153 Å².